The Labute approximate surface area is 208 Å². The van der Waals surface area contributed by atoms with Gasteiger partial charge in [-0.25, -0.2) is 0 Å². The minimum atomic E-state index is -4.61. The van der Waals surface area contributed by atoms with E-state index >= 15 is 0 Å². The molecule has 4 aliphatic rings. The highest BCUT2D eigenvalue weighted by Gasteiger charge is 2.61. The summed E-state index contributed by atoms with van der Waals surface area (Å²) < 4.78 is 72.4. The van der Waals surface area contributed by atoms with Crippen LogP contribution in [0.4, 0.5) is 13.2 Å². The van der Waals surface area contributed by atoms with E-state index in [0.717, 1.165) is 45.4 Å². The molecule has 3 saturated carbocycles. The zero-order chi connectivity index (χ0) is 26.2. The summed E-state index contributed by atoms with van der Waals surface area (Å²) in [6, 6.07) is 0. The number of alkyl halides is 3. The quantitative estimate of drug-likeness (QED) is 0.304. The molecule has 0 unspecified atom stereocenters. The van der Waals surface area contributed by atoms with Crippen LogP contribution in [0, 0.1) is 40.4 Å². The molecule has 8 heteroatoms. The first-order valence-corrected chi connectivity index (χ1v) is 14.8. The fraction of sp³-hybridized carbons (Fsp3) is 0.926. The monoisotopic (exact) mass is 520 g/mol. The molecule has 4 nitrogen and oxygen atoms in total. The molecule has 0 aromatic carbocycles. The molecular formula is C27H43F3O4S. The van der Waals surface area contributed by atoms with E-state index in [0.29, 0.717) is 42.9 Å². The fourth-order valence-corrected chi connectivity index (χ4v) is 9.54. The number of hydrogen-bond donors (Lipinski definition) is 2. The number of aliphatic hydroxyl groups is 1. The summed E-state index contributed by atoms with van der Waals surface area (Å²) in [7, 11) is -4.13. The summed E-state index contributed by atoms with van der Waals surface area (Å²) in [6.45, 7) is 9.24. The number of fused-ring (bicyclic) bond motifs is 5. The van der Waals surface area contributed by atoms with Gasteiger partial charge in [-0.15, -0.1) is 0 Å². The summed E-state index contributed by atoms with van der Waals surface area (Å²) in [5, 5.41) is 9.93. The first-order chi connectivity index (χ1) is 15.9. The van der Waals surface area contributed by atoms with Crippen molar-refractivity contribution in [3.63, 3.8) is 0 Å². The van der Waals surface area contributed by atoms with Crippen molar-refractivity contribution in [1.82, 2.24) is 0 Å². The van der Waals surface area contributed by atoms with Gasteiger partial charge >= 0.3 is 6.18 Å². The Balaban J connectivity index is 1.51. The van der Waals surface area contributed by atoms with Crippen LogP contribution in [0.3, 0.4) is 0 Å². The molecule has 0 spiro atoms. The van der Waals surface area contributed by atoms with E-state index in [9.17, 15) is 31.2 Å². The number of hydrogen-bond acceptors (Lipinski definition) is 3. The van der Waals surface area contributed by atoms with Gasteiger partial charge in [0.15, 0.2) is 5.60 Å². The Morgan fingerprint density at radius 1 is 1.09 bits per heavy atom. The number of allylic oxidation sites excluding steroid dienone is 2. The molecule has 35 heavy (non-hydrogen) atoms. The Morgan fingerprint density at radius 2 is 1.74 bits per heavy atom. The van der Waals surface area contributed by atoms with Crippen molar-refractivity contribution in [1.29, 1.82) is 0 Å². The molecule has 0 aromatic rings. The van der Waals surface area contributed by atoms with Crippen LogP contribution in [0.5, 0.6) is 0 Å². The molecule has 4 rings (SSSR count). The van der Waals surface area contributed by atoms with Gasteiger partial charge in [-0.3, -0.25) is 4.55 Å². The van der Waals surface area contributed by atoms with Crippen LogP contribution in [0.15, 0.2) is 11.6 Å². The van der Waals surface area contributed by atoms with Crippen molar-refractivity contribution in [3.05, 3.63) is 11.6 Å². The smallest absolute Gasteiger partial charge is 0.381 e. The van der Waals surface area contributed by atoms with Gasteiger partial charge in [-0.05, 0) is 118 Å². The van der Waals surface area contributed by atoms with Gasteiger partial charge in [0.25, 0.3) is 10.1 Å². The number of rotatable bonds is 5. The predicted octanol–water partition coefficient (Wildman–Crippen LogP) is 6.94. The maximum absolute atomic E-state index is 13.2. The highest BCUT2D eigenvalue weighted by atomic mass is 32.2. The third-order valence-corrected chi connectivity index (χ3v) is 13.0. The molecule has 0 saturated heterocycles. The highest BCUT2D eigenvalue weighted by Crippen LogP contribution is 2.68. The Kier molecular flexibility index (Phi) is 6.63. The van der Waals surface area contributed by atoms with Crippen molar-refractivity contribution in [2.45, 2.75) is 115 Å². The van der Waals surface area contributed by atoms with Crippen molar-refractivity contribution >= 4 is 10.1 Å². The van der Waals surface area contributed by atoms with Crippen LogP contribution >= 0.6 is 0 Å². The van der Waals surface area contributed by atoms with Gasteiger partial charge < -0.3 is 5.11 Å². The minimum Gasteiger partial charge on any atom is -0.381 e. The van der Waals surface area contributed by atoms with Gasteiger partial charge in [-0.2, -0.15) is 21.6 Å². The molecule has 0 heterocycles. The van der Waals surface area contributed by atoms with Gasteiger partial charge in [0.1, 0.15) is 0 Å². The molecule has 0 bridgehead atoms. The van der Waals surface area contributed by atoms with Gasteiger partial charge in [-0.1, -0.05) is 32.4 Å². The summed E-state index contributed by atoms with van der Waals surface area (Å²) >= 11 is 0. The lowest BCUT2D eigenvalue weighted by Gasteiger charge is -2.59. The van der Waals surface area contributed by atoms with E-state index in [4.69, 9.17) is 0 Å². The lowest BCUT2D eigenvalue weighted by Crippen LogP contribution is -2.53. The van der Waals surface area contributed by atoms with Gasteiger partial charge in [0.05, 0.1) is 4.75 Å². The summed E-state index contributed by atoms with van der Waals surface area (Å²) in [6.07, 6.45) is 4.48. The molecule has 0 radical (unpaired) electrons. The van der Waals surface area contributed by atoms with E-state index in [1.807, 2.05) is 0 Å². The second kappa shape index (κ2) is 8.45. The first-order valence-electron chi connectivity index (χ1n) is 13.3. The Bertz CT molecular complexity index is 973. The summed E-state index contributed by atoms with van der Waals surface area (Å²) in [5.41, 5.74) is -1.42. The fourth-order valence-electron chi connectivity index (χ4n) is 8.84. The van der Waals surface area contributed by atoms with Crippen molar-refractivity contribution in [3.8, 4) is 0 Å². The van der Waals surface area contributed by atoms with Crippen molar-refractivity contribution < 1.29 is 31.2 Å². The molecular weight excluding hydrogens is 477 g/mol. The molecule has 3 fully saturated rings. The second-order valence-corrected chi connectivity index (χ2v) is 15.3. The van der Waals surface area contributed by atoms with E-state index < -0.39 is 26.6 Å². The maximum atomic E-state index is 13.2. The van der Waals surface area contributed by atoms with Crippen LogP contribution in [0.1, 0.15) is 98.8 Å². The Morgan fingerprint density at radius 3 is 2.34 bits per heavy atom. The summed E-state index contributed by atoms with van der Waals surface area (Å²) in [5.74, 6) is 1.97. The zero-order valence-electron chi connectivity index (χ0n) is 21.8. The SMILES string of the molecule is C[C@H](CC[C@](C)(O)C(F)(F)F)[C@H]1CC[C@H]2[C@@H]3CC=C4C[C@@](C)(S(=O)(=O)O)CC[C@]4(C)[C@H]3CC[C@]12C. The molecule has 4 aliphatic carbocycles. The van der Waals surface area contributed by atoms with Crippen LogP contribution in [-0.4, -0.2) is 34.6 Å². The maximum Gasteiger partial charge on any atom is 0.416 e. The van der Waals surface area contributed by atoms with Crippen LogP contribution in [-0.2, 0) is 10.1 Å². The van der Waals surface area contributed by atoms with Crippen molar-refractivity contribution in [2.24, 2.45) is 40.4 Å². The molecule has 202 valence electrons. The van der Waals surface area contributed by atoms with Crippen molar-refractivity contribution in [2.75, 3.05) is 0 Å². The highest BCUT2D eigenvalue weighted by molar-refractivity contribution is 7.87. The standard InChI is InChI=1S/C27H43F3O4S/c1-17(10-13-26(5,31)27(28,29)30)20-8-9-21-19-7-6-18-16-23(2,35(32,33)34)14-15-24(18,3)22(19)11-12-25(20,21)4/h6,17,19-22,31H,7-16H2,1-5H3,(H,32,33,34)/t17-,19+,20-,21+,22+,23+,24+,25-,26+/m1/s1. The van der Waals surface area contributed by atoms with Crippen LogP contribution in [0.25, 0.3) is 0 Å². The molecule has 2 N–H and O–H groups in total. The van der Waals surface area contributed by atoms with Gasteiger partial charge in [0, 0.05) is 0 Å². The van der Waals surface area contributed by atoms with Crippen LogP contribution in [0.2, 0.25) is 0 Å². The minimum absolute atomic E-state index is 0.0520. The van der Waals surface area contributed by atoms with E-state index in [-0.39, 0.29) is 23.2 Å². The predicted molar refractivity (Wildman–Crippen MR) is 130 cm³/mol. The van der Waals surface area contributed by atoms with E-state index in [2.05, 4.69) is 26.8 Å². The summed E-state index contributed by atoms with van der Waals surface area (Å²) in [4.78, 5) is 0. The van der Waals surface area contributed by atoms with Crippen LogP contribution < -0.4 is 0 Å². The molecule has 0 aromatic heterocycles. The normalized spacial score (nSPS) is 44.5. The average Bonchev–Trinajstić information content (AvgIpc) is 3.08. The lowest BCUT2D eigenvalue weighted by atomic mass is 9.46. The third-order valence-electron chi connectivity index (χ3n) is 11.4. The second-order valence-electron chi connectivity index (χ2n) is 13.4. The topological polar surface area (TPSA) is 74.6 Å². The molecule has 9 atom stereocenters. The lowest BCUT2D eigenvalue weighted by molar-refractivity contribution is -0.256. The molecule has 0 aliphatic heterocycles. The van der Waals surface area contributed by atoms with E-state index in [1.54, 1.807) is 6.92 Å². The zero-order valence-corrected chi connectivity index (χ0v) is 22.6. The average molecular weight is 521 g/mol. The third kappa shape index (κ3) is 4.31. The van der Waals surface area contributed by atoms with Gasteiger partial charge in [0.2, 0.25) is 0 Å². The Hall–Kier alpha value is -0.600. The first kappa shape index (κ1) is 27.4. The molecule has 0 amide bonds. The largest absolute Gasteiger partial charge is 0.416 e. The number of halogens is 3. The van der Waals surface area contributed by atoms with E-state index in [1.165, 1.54) is 5.57 Å².